The number of nitrogens with two attached hydrogens (primary N) is 2. The third kappa shape index (κ3) is 9.27. The molecule has 43 heavy (non-hydrogen) atoms. The minimum atomic E-state index is -2.77. The van der Waals surface area contributed by atoms with Crippen molar-refractivity contribution in [1.29, 1.82) is 0 Å². The molecular weight excluding hydrogens is 568 g/mol. The summed E-state index contributed by atoms with van der Waals surface area (Å²) in [4.78, 5) is 83.6. The summed E-state index contributed by atoms with van der Waals surface area (Å²) >= 11 is 0. The number of hydrogen-bond acceptors (Lipinski definition) is 13. The molecule has 0 radical (unpaired) electrons. The monoisotopic (exact) mass is 596 g/mol. The minimum Gasteiger partial charge on any atom is -0.480 e. The van der Waals surface area contributed by atoms with E-state index in [9.17, 15) is 38.7 Å². The number of carboxylic acid groups (broad SMARTS) is 1. The second-order valence-corrected chi connectivity index (χ2v) is 8.87. The minimum absolute atomic E-state index is 0.0784. The molecule has 0 aliphatic heterocycles. The maximum absolute atomic E-state index is 13.2. The second kappa shape index (κ2) is 14.4. The number of carbonyl (C=O) groups excluding carboxylic acids is 6. The number of aliphatic carboxylic acids is 1. The molecule has 2 aromatic rings. The molecule has 0 bridgehead atoms. The summed E-state index contributed by atoms with van der Waals surface area (Å²) in [5.74, 6) is -7.37. The number of ether oxygens (including phenoxy) is 4. The highest BCUT2D eigenvalue weighted by Gasteiger charge is 2.48. The van der Waals surface area contributed by atoms with E-state index in [2.05, 4.69) is 0 Å². The first kappa shape index (κ1) is 33.7. The quantitative estimate of drug-likeness (QED) is 0.136. The predicted molar refractivity (Wildman–Crippen MR) is 149 cm³/mol. The molecule has 226 valence electrons. The van der Waals surface area contributed by atoms with Crippen molar-refractivity contribution in [3.8, 4) is 23.0 Å². The Kier molecular flexibility index (Phi) is 11.3. The maximum atomic E-state index is 13.2. The Hall–Kier alpha value is -5.47. The smallest absolute Gasteiger partial charge is 0.323 e. The Balaban J connectivity index is 2.44. The lowest BCUT2D eigenvalue weighted by atomic mass is 9.82. The van der Waals surface area contributed by atoms with Gasteiger partial charge in [0.25, 0.3) is 0 Å². The van der Waals surface area contributed by atoms with Gasteiger partial charge in [-0.25, -0.2) is 0 Å². The summed E-state index contributed by atoms with van der Waals surface area (Å²) in [7, 11) is 0. The van der Waals surface area contributed by atoms with Crippen LogP contribution in [0.15, 0.2) is 48.6 Å². The van der Waals surface area contributed by atoms with Crippen LogP contribution in [0.5, 0.6) is 23.0 Å². The molecule has 0 saturated carbocycles. The third-order valence-corrected chi connectivity index (χ3v) is 5.38. The van der Waals surface area contributed by atoms with Crippen molar-refractivity contribution >= 4 is 53.6 Å². The van der Waals surface area contributed by atoms with Gasteiger partial charge >= 0.3 is 29.8 Å². The molecule has 1 unspecified atom stereocenters. The van der Waals surface area contributed by atoms with Gasteiger partial charge in [-0.05, 0) is 47.5 Å². The van der Waals surface area contributed by atoms with Gasteiger partial charge < -0.3 is 35.5 Å². The van der Waals surface area contributed by atoms with Crippen LogP contribution in [0.3, 0.4) is 0 Å². The Labute approximate surface area is 244 Å². The highest BCUT2D eigenvalue weighted by atomic mass is 16.6. The molecule has 0 amide bonds. The van der Waals surface area contributed by atoms with Crippen LogP contribution in [0.1, 0.15) is 38.8 Å². The van der Waals surface area contributed by atoms with E-state index in [1.54, 1.807) is 0 Å². The highest BCUT2D eigenvalue weighted by molar-refractivity contribution is 6.23. The topological polar surface area (TPSA) is 229 Å². The standard InChI is InChI=1S/C29H28N2O12/c1-15(32)40-21-9-5-19(13-23(21)42-17(3)34)7-11-25(36)29(31,27(30)28(38)39)26(37)12-8-20-6-10-22(41-16(2)33)24(14-20)43-18(4)35/h5-14,27H,30-31H2,1-4H3,(H,38,39)/b11-7+,12-8+. The molecule has 0 heterocycles. The van der Waals surface area contributed by atoms with Crippen LogP contribution in [0.2, 0.25) is 0 Å². The molecule has 0 aromatic heterocycles. The average molecular weight is 597 g/mol. The molecule has 0 spiro atoms. The summed E-state index contributed by atoms with van der Waals surface area (Å²) in [6, 6.07) is 5.66. The fourth-order valence-corrected chi connectivity index (χ4v) is 3.45. The van der Waals surface area contributed by atoms with Crippen molar-refractivity contribution in [2.75, 3.05) is 0 Å². The fraction of sp³-hybridized carbons (Fsp3) is 0.207. The van der Waals surface area contributed by atoms with E-state index in [1.165, 1.54) is 36.4 Å². The van der Waals surface area contributed by atoms with Crippen molar-refractivity contribution in [3.05, 3.63) is 59.7 Å². The zero-order valence-electron chi connectivity index (χ0n) is 23.4. The number of ketones is 2. The Morgan fingerprint density at radius 2 is 0.977 bits per heavy atom. The molecule has 2 rings (SSSR count). The van der Waals surface area contributed by atoms with E-state index in [4.69, 9.17) is 30.4 Å². The molecule has 14 nitrogen and oxygen atoms in total. The first-order valence-electron chi connectivity index (χ1n) is 12.3. The maximum Gasteiger partial charge on any atom is 0.323 e. The number of carbonyl (C=O) groups is 7. The summed E-state index contributed by atoms with van der Waals surface area (Å²) in [5.41, 5.74) is 9.40. The second-order valence-electron chi connectivity index (χ2n) is 8.87. The van der Waals surface area contributed by atoms with Crippen molar-refractivity contribution in [1.82, 2.24) is 0 Å². The number of benzene rings is 2. The molecule has 1 atom stereocenters. The van der Waals surface area contributed by atoms with Gasteiger partial charge in [0.15, 0.2) is 40.1 Å². The van der Waals surface area contributed by atoms with Crippen LogP contribution >= 0.6 is 0 Å². The summed E-state index contributed by atoms with van der Waals surface area (Å²) in [5, 5.41) is 9.49. The molecule has 0 saturated heterocycles. The number of hydrogen-bond donors (Lipinski definition) is 3. The van der Waals surface area contributed by atoms with E-state index < -0.39 is 53.0 Å². The van der Waals surface area contributed by atoms with Gasteiger partial charge in [-0.1, -0.05) is 24.3 Å². The third-order valence-electron chi connectivity index (χ3n) is 5.38. The lowest BCUT2D eigenvalue weighted by Gasteiger charge is -2.27. The molecule has 14 heteroatoms. The van der Waals surface area contributed by atoms with Gasteiger partial charge in [-0.2, -0.15) is 0 Å². The van der Waals surface area contributed by atoms with Crippen molar-refractivity contribution in [3.63, 3.8) is 0 Å². The van der Waals surface area contributed by atoms with E-state index >= 15 is 0 Å². The van der Waals surface area contributed by atoms with Crippen LogP contribution in [-0.2, 0) is 33.6 Å². The Morgan fingerprint density at radius 3 is 1.28 bits per heavy atom. The van der Waals surface area contributed by atoms with Crippen LogP contribution in [-0.4, -0.2) is 58.1 Å². The SMILES string of the molecule is CC(=O)Oc1ccc(/C=C/C(=O)C(N)(C(=O)/C=C/c2ccc(OC(C)=O)c(OC(C)=O)c2)C(N)C(=O)O)cc1OC(C)=O. The van der Waals surface area contributed by atoms with Crippen LogP contribution in [0, 0.1) is 0 Å². The predicted octanol–water partition coefficient (Wildman–Crippen LogP) is 1.36. The first-order chi connectivity index (χ1) is 20.0. The molecule has 0 aliphatic rings. The van der Waals surface area contributed by atoms with E-state index in [0.717, 1.165) is 52.0 Å². The zero-order valence-corrected chi connectivity index (χ0v) is 23.4. The van der Waals surface area contributed by atoms with Gasteiger partial charge in [0.2, 0.25) is 0 Å². The van der Waals surface area contributed by atoms with Crippen LogP contribution in [0.25, 0.3) is 12.2 Å². The van der Waals surface area contributed by atoms with Gasteiger partial charge in [0, 0.05) is 27.7 Å². The van der Waals surface area contributed by atoms with Crippen LogP contribution < -0.4 is 30.4 Å². The Morgan fingerprint density at radius 1 is 0.651 bits per heavy atom. The number of esters is 4. The van der Waals surface area contributed by atoms with E-state index in [-0.39, 0.29) is 34.1 Å². The lowest BCUT2D eigenvalue weighted by molar-refractivity contribution is -0.145. The summed E-state index contributed by atoms with van der Waals surface area (Å²) < 4.78 is 20.0. The summed E-state index contributed by atoms with van der Waals surface area (Å²) in [6.07, 6.45) is 3.94. The van der Waals surface area contributed by atoms with E-state index in [1.807, 2.05) is 0 Å². The molecule has 2 aromatic carbocycles. The Bertz CT molecular complexity index is 1440. The van der Waals surface area contributed by atoms with Crippen molar-refractivity contribution < 1.29 is 57.6 Å². The van der Waals surface area contributed by atoms with Gasteiger partial charge in [0.05, 0.1) is 0 Å². The first-order valence-corrected chi connectivity index (χ1v) is 12.3. The number of carboxylic acids is 1. The molecule has 5 N–H and O–H groups in total. The normalized spacial score (nSPS) is 12.0. The van der Waals surface area contributed by atoms with Crippen LogP contribution in [0.4, 0.5) is 0 Å². The average Bonchev–Trinajstić information content (AvgIpc) is 2.90. The molecule has 0 fully saturated rings. The largest absolute Gasteiger partial charge is 0.480 e. The zero-order chi connectivity index (χ0) is 32.5. The van der Waals surface area contributed by atoms with Crippen molar-refractivity contribution in [2.24, 2.45) is 11.5 Å². The van der Waals surface area contributed by atoms with Gasteiger partial charge in [-0.3, -0.25) is 33.6 Å². The fourth-order valence-electron chi connectivity index (χ4n) is 3.45. The summed E-state index contributed by atoms with van der Waals surface area (Å²) in [6.45, 7) is 4.51. The lowest BCUT2D eigenvalue weighted by Crippen LogP contribution is -2.67. The van der Waals surface area contributed by atoms with E-state index in [0.29, 0.717) is 0 Å². The van der Waals surface area contributed by atoms with Gasteiger partial charge in [0.1, 0.15) is 6.04 Å². The highest BCUT2D eigenvalue weighted by Crippen LogP contribution is 2.31. The number of rotatable bonds is 12. The molecule has 0 aliphatic carbocycles. The molecular formula is C29H28N2O12. The van der Waals surface area contributed by atoms with Crippen molar-refractivity contribution in [2.45, 2.75) is 39.3 Å². The van der Waals surface area contributed by atoms with Gasteiger partial charge in [-0.15, -0.1) is 0 Å².